The number of sulfonamides is 1. The number of hydrogen-bond acceptors (Lipinski definition) is 4. The van der Waals surface area contributed by atoms with Gasteiger partial charge in [-0.25, -0.2) is 18.1 Å². The number of nitrogens with zero attached hydrogens (tertiary/aromatic N) is 1. The average Bonchev–Trinajstić information content (AvgIpc) is 3.06. The molecule has 0 spiro atoms. The van der Waals surface area contributed by atoms with E-state index in [0.29, 0.717) is 12.2 Å². The van der Waals surface area contributed by atoms with Crippen molar-refractivity contribution in [2.75, 3.05) is 18.9 Å². The van der Waals surface area contributed by atoms with Gasteiger partial charge in [0.15, 0.2) is 5.03 Å². The molecule has 2 N–H and O–H groups in total. The van der Waals surface area contributed by atoms with Crippen LogP contribution in [0.4, 0.5) is 5.69 Å². The smallest absolute Gasteiger partial charge is 0.260 e. The Kier molecular flexibility index (Phi) is 3.09. The van der Waals surface area contributed by atoms with E-state index in [9.17, 15) is 8.42 Å². The van der Waals surface area contributed by atoms with Gasteiger partial charge in [-0.3, -0.25) is 0 Å². The molecule has 94 valence electrons. The van der Waals surface area contributed by atoms with Gasteiger partial charge in [0, 0.05) is 19.8 Å². The SMILES string of the molecule is CNc1cccnc1S(=O)(=O)NCC1(C)CC1. The molecule has 1 aromatic heterocycles. The lowest BCUT2D eigenvalue weighted by Crippen LogP contribution is -2.30. The molecule has 0 saturated heterocycles. The highest BCUT2D eigenvalue weighted by Gasteiger charge is 2.38. The summed E-state index contributed by atoms with van der Waals surface area (Å²) in [5.74, 6) is 0. The molecule has 1 fully saturated rings. The number of hydrogen-bond donors (Lipinski definition) is 2. The molecule has 1 aromatic rings. The zero-order valence-corrected chi connectivity index (χ0v) is 10.8. The molecule has 0 aromatic carbocycles. The maximum absolute atomic E-state index is 12.1. The lowest BCUT2D eigenvalue weighted by Gasteiger charge is -2.12. The molecule has 6 heteroatoms. The summed E-state index contributed by atoms with van der Waals surface area (Å²) in [6.07, 6.45) is 3.64. The molecule has 2 rings (SSSR count). The zero-order valence-electron chi connectivity index (χ0n) is 10.0. The van der Waals surface area contributed by atoms with E-state index >= 15 is 0 Å². The van der Waals surface area contributed by atoms with Crippen molar-refractivity contribution >= 4 is 15.7 Å². The van der Waals surface area contributed by atoms with Gasteiger partial charge >= 0.3 is 0 Å². The summed E-state index contributed by atoms with van der Waals surface area (Å²) in [4.78, 5) is 3.93. The van der Waals surface area contributed by atoms with Gasteiger partial charge in [0.25, 0.3) is 10.0 Å². The lowest BCUT2D eigenvalue weighted by atomic mass is 10.2. The summed E-state index contributed by atoms with van der Waals surface area (Å²) in [6, 6.07) is 3.40. The Bertz CT molecular complexity index is 509. The van der Waals surface area contributed by atoms with Gasteiger partial charge in [-0.2, -0.15) is 0 Å². The van der Waals surface area contributed by atoms with Gasteiger partial charge in [0.05, 0.1) is 5.69 Å². The minimum Gasteiger partial charge on any atom is -0.386 e. The van der Waals surface area contributed by atoms with Crippen LogP contribution in [-0.2, 0) is 10.0 Å². The van der Waals surface area contributed by atoms with Gasteiger partial charge in [0.2, 0.25) is 0 Å². The van der Waals surface area contributed by atoms with Crippen LogP contribution in [-0.4, -0.2) is 27.0 Å². The van der Waals surface area contributed by atoms with E-state index in [1.165, 1.54) is 6.20 Å². The highest BCUT2D eigenvalue weighted by molar-refractivity contribution is 7.89. The Morgan fingerprint density at radius 1 is 1.47 bits per heavy atom. The molecule has 0 aliphatic heterocycles. The summed E-state index contributed by atoms with van der Waals surface area (Å²) in [7, 11) is -1.84. The van der Waals surface area contributed by atoms with Crippen molar-refractivity contribution in [1.82, 2.24) is 9.71 Å². The molecular formula is C11H17N3O2S. The van der Waals surface area contributed by atoms with E-state index in [0.717, 1.165) is 12.8 Å². The lowest BCUT2D eigenvalue weighted by molar-refractivity contribution is 0.528. The zero-order chi connectivity index (χ0) is 12.5. The Morgan fingerprint density at radius 3 is 2.76 bits per heavy atom. The van der Waals surface area contributed by atoms with Crippen LogP contribution in [0.25, 0.3) is 0 Å². The molecular weight excluding hydrogens is 238 g/mol. The second-order valence-electron chi connectivity index (χ2n) is 4.74. The molecule has 0 amide bonds. The van der Waals surface area contributed by atoms with Crippen molar-refractivity contribution in [3.8, 4) is 0 Å². The van der Waals surface area contributed by atoms with Gasteiger partial charge < -0.3 is 5.32 Å². The predicted octanol–water partition coefficient (Wildman–Crippen LogP) is 1.20. The molecule has 1 aliphatic carbocycles. The summed E-state index contributed by atoms with van der Waals surface area (Å²) in [5.41, 5.74) is 0.655. The minimum atomic E-state index is -3.52. The number of anilines is 1. The summed E-state index contributed by atoms with van der Waals surface area (Å²) in [5, 5.41) is 2.89. The van der Waals surface area contributed by atoms with Gasteiger partial charge in [-0.05, 0) is 30.4 Å². The standard InChI is InChI=1S/C11H17N3O2S/c1-11(5-6-11)8-14-17(15,16)10-9(12-2)4-3-7-13-10/h3-4,7,12,14H,5-6,8H2,1-2H3. The van der Waals surface area contributed by atoms with E-state index in [1.54, 1.807) is 19.2 Å². The maximum atomic E-state index is 12.1. The fraction of sp³-hybridized carbons (Fsp3) is 0.545. The normalized spacial score (nSPS) is 17.8. The number of nitrogens with one attached hydrogen (secondary N) is 2. The van der Waals surface area contributed by atoms with Crippen LogP contribution in [0, 0.1) is 5.41 Å². The van der Waals surface area contributed by atoms with E-state index in [1.807, 2.05) is 0 Å². The molecule has 0 radical (unpaired) electrons. The predicted molar refractivity (Wildman–Crippen MR) is 66.3 cm³/mol. The Hall–Kier alpha value is -1.14. The van der Waals surface area contributed by atoms with Crippen molar-refractivity contribution < 1.29 is 8.42 Å². The third-order valence-corrected chi connectivity index (χ3v) is 4.45. The van der Waals surface area contributed by atoms with Crippen molar-refractivity contribution in [3.05, 3.63) is 18.3 Å². The van der Waals surface area contributed by atoms with E-state index in [4.69, 9.17) is 0 Å². The summed E-state index contributed by atoms with van der Waals surface area (Å²) in [6.45, 7) is 2.56. The van der Waals surface area contributed by atoms with Crippen LogP contribution in [0.3, 0.4) is 0 Å². The van der Waals surface area contributed by atoms with Crippen molar-refractivity contribution in [2.45, 2.75) is 24.8 Å². The van der Waals surface area contributed by atoms with Crippen LogP contribution in [0.2, 0.25) is 0 Å². The quantitative estimate of drug-likeness (QED) is 0.829. The van der Waals surface area contributed by atoms with Crippen LogP contribution in [0.5, 0.6) is 0 Å². The molecule has 1 heterocycles. The first-order valence-electron chi connectivity index (χ1n) is 5.59. The highest BCUT2D eigenvalue weighted by Crippen LogP contribution is 2.44. The fourth-order valence-electron chi connectivity index (χ4n) is 1.52. The number of pyridine rings is 1. The summed E-state index contributed by atoms with van der Waals surface area (Å²) < 4.78 is 26.8. The number of rotatable bonds is 5. The van der Waals surface area contributed by atoms with Crippen LogP contribution in [0.1, 0.15) is 19.8 Å². The van der Waals surface area contributed by atoms with Crippen molar-refractivity contribution in [1.29, 1.82) is 0 Å². The minimum absolute atomic E-state index is 0.0618. The first-order valence-corrected chi connectivity index (χ1v) is 7.08. The first-order chi connectivity index (χ1) is 7.97. The van der Waals surface area contributed by atoms with Crippen molar-refractivity contribution in [2.24, 2.45) is 5.41 Å². The van der Waals surface area contributed by atoms with Crippen molar-refractivity contribution in [3.63, 3.8) is 0 Å². The Balaban J connectivity index is 2.18. The second kappa shape index (κ2) is 4.27. The van der Waals surface area contributed by atoms with Crippen LogP contribution >= 0.6 is 0 Å². The Morgan fingerprint density at radius 2 is 2.18 bits per heavy atom. The third kappa shape index (κ3) is 2.76. The molecule has 17 heavy (non-hydrogen) atoms. The maximum Gasteiger partial charge on any atom is 0.260 e. The monoisotopic (exact) mass is 255 g/mol. The van der Waals surface area contributed by atoms with E-state index in [2.05, 4.69) is 21.9 Å². The third-order valence-electron chi connectivity index (χ3n) is 3.09. The first kappa shape index (κ1) is 12.3. The van der Waals surface area contributed by atoms with Gasteiger partial charge in [-0.1, -0.05) is 6.92 Å². The molecule has 0 atom stereocenters. The second-order valence-corrected chi connectivity index (χ2v) is 6.42. The summed E-state index contributed by atoms with van der Waals surface area (Å²) >= 11 is 0. The topological polar surface area (TPSA) is 71.1 Å². The van der Waals surface area contributed by atoms with Crippen LogP contribution < -0.4 is 10.0 Å². The largest absolute Gasteiger partial charge is 0.386 e. The van der Waals surface area contributed by atoms with Gasteiger partial charge in [0.1, 0.15) is 0 Å². The molecule has 0 bridgehead atoms. The molecule has 0 unspecified atom stereocenters. The number of aromatic nitrogens is 1. The molecule has 1 saturated carbocycles. The van der Waals surface area contributed by atoms with Crippen LogP contribution in [0.15, 0.2) is 23.4 Å². The molecule has 5 nitrogen and oxygen atoms in total. The van der Waals surface area contributed by atoms with Gasteiger partial charge in [-0.15, -0.1) is 0 Å². The Labute approximate surface area is 102 Å². The fourth-order valence-corrected chi connectivity index (χ4v) is 2.86. The highest BCUT2D eigenvalue weighted by atomic mass is 32.2. The average molecular weight is 255 g/mol. The van der Waals surface area contributed by atoms with E-state index in [-0.39, 0.29) is 10.4 Å². The molecule has 1 aliphatic rings. The van der Waals surface area contributed by atoms with E-state index < -0.39 is 10.0 Å².